The summed E-state index contributed by atoms with van der Waals surface area (Å²) in [7, 11) is 0. The number of rotatable bonds is 5. The van der Waals surface area contributed by atoms with Crippen LogP contribution >= 0.6 is 12.4 Å². The average molecular weight is 472 g/mol. The second-order valence-corrected chi connectivity index (χ2v) is 8.50. The van der Waals surface area contributed by atoms with E-state index in [4.69, 9.17) is 4.74 Å². The lowest BCUT2D eigenvalue weighted by atomic mass is 9.96. The third kappa shape index (κ3) is 3.79. The Kier molecular flexibility index (Phi) is 5.99. The zero-order valence-electron chi connectivity index (χ0n) is 17.9. The van der Waals surface area contributed by atoms with E-state index in [2.05, 4.69) is 21.7 Å². The smallest absolute Gasteiger partial charge is 0.414 e. The van der Waals surface area contributed by atoms with Crippen LogP contribution in [0.5, 0.6) is 0 Å². The van der Waals surface area contributed by atoms with Gasteiger partial charge in [0.15, 0.2) is 0 Å². The maximum absolute atomic E-state index is 14.9. The average Bonchev–Trinajstić information content (AvgIpc) is 3.09. The van der Waals surface area contributed by atoms with Crippen molar-refractivity contribution in [2.75, 3.05) is 31.1 Å². The molecule has 1 aliphatic carbocycles. The summed E-state index contributed by atoms with van der Waals surface area (Å²) in [5, 5.41) is 15.6. The number of fused-ring (bicyclic) bond motifs is 1. The first kappa shape index (κ1) is 23.0. The maximum Gasteiger partial charge on any atom is 0.414 e. The molecule has 172 valence electrons. The Morgan fingerprint density at radius 3 is 2.73 bits per heavy atom. The number of amides is 2. The fourth-order valence-corrected chi connectivity index (χ4v) is 4.94. The van der Waals surface area contributed by atoms with Crippen LogP contribution in [0, 0.1) is 29.0 Å². The topological polar surface area (TPSA) is 107 Å². The monoisotopic (exact) mass is 471 g/mol. The number of carbonyl (C=O) groups excluding carboxylic acids is 2. The lowest BCUT2D eigenvalue weighted by molar-refractivity contribution is -0.119. The summed E-state index contributed by atoms with van der Waals surface area (Å²) in [4.78, 5) is 29.1. The van der Waals surface area contributed by atoms with Crippen LogP contribution < -0.4 is 15.5 Å². The van der Waals surface area contributed by atoms with Gasteiger partial charge in [-0.3, -0.25) is 14.7 Å². The molecule has 33 heavy (non-hydrogen) atoms. The van der Waals surface area contributed by atoms with Crippen molar-refractivity contribution in [2.24, 2.45) is 11.8 Å². The van der Waals surface area contributed by atoms with Gasteiger partial charge in [0.25, 0.3) is 0 Å². The number of pyridine rings is 1. The predicted molar refractivity (Wildman–Crippen MR) is 120 cm³/mol. The SMILES string of the molecule is CC(=O)NC[C@H]1CN(c2ccc(-c3ccc(C4(C#N)C5CNCC54)nc3)c(F)c2)C(=O)O1.Cl. The van der Waals surface area contributed by atoms with E-state index in [1.54, 1.807) is 24.4 Å². The largest absolute Gasteiger partial charge is 0.442 e. The number of ether oxygens (including phenoxy) is 1. The minimum atomic E-state index is -0.579. The summed E-state index contributed by atoms with van der Waals surface area (Å²) in [5.74, 6) is -0.123. The third-order valence-electron chi connectivity index (χ3n) is 6.68. The molecule has 3 fully saturated rings. The molecule has 2 amide bonds. The van der Waals surface area contributed by atoms with Gasteiger partial charge in [-0.15, -0.1) is 12.4 Å². The molecule has 1 saturated carbocycles. The van der Waals surface area contributed by atoms with E-state index in [1.807, 2.05) is 6.07 Å². The molecule has 1 aromatic carbocycles. The molecule has 0 spiro atoms. The zero-order valence-corrected chi connectivity index (χ0v) is 18.7. The number of halogens is 2. The maximum atomic E-state index is 14.9. The lowest BCUT2D eigenvalue weighted by Crippen LogP contribution is -2.33. The van der Waals surface area contributed by atoms with E-state index < -0.39 is 23.4 Å². The van der Waals surface area contributed by atoms with Gasteiger partial charge in [-0.2, -0.15) is 5.26 Å². The number of nitrogens with one attached hydrogen (secondary N) is 2. The Balaban J connectivity index is 0.00000259. The fraction of sp³-hybridized carbons (Fsp3) is 0.391. The highest BCUT2D eigenvalue weighted by Crippen LogP contribution is 2.60. The Morgan fingerprint density at radius 2 is 2.12 bits per heavy atom. The molecule has 2 aliphatic heterocycles. The zero-order chi connectivity index (χ0) is 22.5. The quantitative estimate of drug-likeness (QED) is 0.693. The number of hydrogen-bond donors (Lipinski definition) is 2. The lowest BCUT2D eigenvalue weighted by Gasteiger charge is -2.15. The highest BCUT2D eigenvalue weighted by molar-refractivity contribution is 5.90. The van der Waals surface area contributed by atoms with Gasteiger partial charge in [0, 0.05) is 49.2 Å². The summed E-state index contributed by atoms with van der Waals surface area (Å²) in [6.07, 6.45) is 0.530. The highest BCUT2D eigenvalue weighted by atomic mass is 35.5. The minimum Gasteiger partial charge on any atom is -0.442 e. The number of anilines is 1. The van der Waals surface area contributed by atoms with Crippen LogP contribution in [0.1, 0.15) is 12.6 Å². The summed E-state index contributed by atoms with van der Waals surface area (Å²) in [5.41, 5.74) is 1.55. The molecular formula is C23H23ClFN5O3. The van der Waals surface area contributed by atoms with Gasteiger partial charge in [0.05, 0.1) is 30.5 Å². The number of benzene rings is 1. The van der Waals surface area contributed by atoms with Crippen LogP contribution in [-0.2, 0) is 14.9 Å². The van der Waals surface area contributed by atoms with Crippen molar-refractivity contribution in [3.05, 3.63) is 48.0 Å². The van der Waals surface area contributed by atoms with Gasteiger partial charge >= 0.3 is 6.09 Å². The number of carbonyl (C=O) groups is 2. The molecule has 1 aromatic heterocycles. The first-order valence-electron chi connectivity index (χ1n) is 10.5. The van der Waals surface area contributed by atoms with Crippen LogP contribution in [0.3, 0.4) is 0 Å². The molecule has 0 bridgehead atoms. The van der Waals surface area contributed by atoms with Gasteiger partial charge in [-0.25, -0.2) is 9.18 Å². The number of cyclic esters (lactones) is 1. The molecule has 2 unspecified atom stereocenters. The molecule has 2 saturated heterocycles. The molecule has 2 aromatic rings. The van der Waals surface area contributed by atoms with Gasteiger partial charge in [0.2, 0.25) is 5.91 Å². The van der Waals surface area contributed by atoms with Crippen molar-refractivity contribution >= 4 is 30.1 Å². The summed E-state index contributed by atoms with van der Waals surface area (Å²) in [6, 6.07) is 10.6. The van der Waals surface area contributed by atoms with E-state index in [1.165, 1.54) is 17.9 Å². The normalized spacial score (nSPS) is 27.2. The van der Waals surface area contributed by atoms with Gasteiger partial charge in [-0.05, 0) is 24.3 Å². The Labute approximate surface area is 196 Å². The third-order valence-corrected chi connectivity index (χ3v) is 6.68. The van der Waals surface area contributed by atoms with E-state index in [9.17, 15) is 19.2 Å². The first-order valence-corrected chi connectivity index (χ1v) is 10.5. The molecular weight excluding hydrogens is 449 g/mol. The van der Waals surface area contributed by atoms with E-state index in [0.29, 0.717) is 16.8 Å². The van der Waals surface area contributed by atoms with Crippen molar-refractivity contribution in [3.8, 4) is 17.2 Å². The van der Waals surface area contributed by atoms with Crippen molar-refractivity contribution in [1.82, 2.24) is 15.6 Å². The Morgan fingerprint density at radius 1 is 1.36 bits per heavy atom. The number of piperidine rings is 1. The molecule has 3 atom stereocenters. The van der Waals surface area contributed by atoms with E-state index >= 15 is 0 Å². The molecule has 10 heteroatoms. The van der Waals surface area contributed by atoms with Gasteiger partial charge in [-0.1, -0.05) is 6.07 Å². The van der Waals surface area contributed by atoms with Crippen LogP contribution in [0.2, 0.25) is 0 Å². The number of hydrogen-bond acceptors (Lipinski definition) is 6. The summed E-state index contributed by atoms with van der Waals surface area (Å²) < 4.78 is 20.2. The van der Waals surface area contributed by atoms with E-state index in [0.717, 1.165) is 18.8 Å². The molecule has 2 N–H and O–H groups in total. The highest BCUT2D eigenvalue weighted by Gasteiger charge is 2.69. The summed E-state index contributed by atoms with van der Waals surface area (Å²) >= 11 is 0. The molecule has 5 rings (SSSR count). The number of nitriles is 1. The van der Waals surface area contributed by atoms with Crippen molar-refractivity contribution in [1.29, 1.82) is 5.26 Å². The second kappa shape index (κ2) is 8.61. The van der Waals surface area contributed by atoms with Gasteiger partial charge in [0.1, 0.15) is 17.3 Å². The number of nitrogens with zero attached hydrogens (tertiary/aromatic N) is 3. The Bertz CT molecular complexity index is 1130. The molecule has 0 radical (unpaired) electrons. The predicted octanol–water partition coefficient (Wildman–Crippen LogP) is 2.38. The van der Waals surface area contributed by atoms with Crippen LogP contribution in [0.4, 0.5) is 14.9 Å². The molecule has 8 nitrogen and oxygen atoms in total. The molecule has 3 heterocycles. The number of aromatic nitrogens is 1. The first-order chi connectivity index (χ1) is 15.4. The minimum absolute atomic E-state index is 0. The standard InChI is InChI=1S/C23H22FN5O3.ClH/c1-13(30)27-8-16-11-29(22(31)32-16)15-3-4-17(20(24)6-15)14-2-5-21(28-7-14)23(12-25)18-9-26-10-19(18)23;/h2-7,16,18-19,26H,8-11H2,1H3,(H,27,30);1H/t16-,18?,19?,23?;/m0./s1. The summed E-state index contributed by atoms with van der Waals surface area (Å²) in [6.45, 7) is 3.46. The fourth-order valence-electron chi connectivity index (χ4n) is 4.94. The van der Waals surface area contributed by atoms with E-state index in [-0.39, 0.29) is 43.2 Å². The van der Waals surface area contributed by atoms with Crippen molar-refractivity contribution in [2.45, 2.75) is 18.4 Å². The van der Waals surface area contributed by atoms with Crippen molar-refractivity contribution in [3.63, 3.8) is 0 Å². The van der Waals surface area contributed by atoms with Gasteiger partial charge < -0.3 is 15.4 Å². The van der Waals surface area contributed by atoms with Crippen LogP contribution in [0.15, 0.2) is 36.5 Å². The van der Waals surface area contributed by atoms with Crippen molar-refractivity contribution < 1.29 is 18.7 Å². The molecule has 3 aliphatic rings. The van der Waals surface area contributed by atoms with Crippen LogP contribution in [-0.4, -0.2) is 49.3 Å². The second-order valence-electron chi connectivity index (χ2n) is 8.50. The Hall–Kier alpha value is -3.22. The van der Waals surface area contributed by atoms with Crippen LogP contribution in [0.25, 0.3) is 11.1 Å².